The van der Waals surface area contributed by atoms with Gasteiger partial charge in [-0.3, -0.25) is 4.79 Å². The van der Waals surface area contributed by atoms with E-state index in [9.17, 15) is 18.0 Å². The van der Waals surface area contributed by atoms with Gasteiger partial charge < -0.3 is 14.5 Å². The van der Waals surface area contributed by atoms with Crippen LogP contribution in [0.1, 0.15) is 5.56 Å². The number of likely N-dealkylation sites (N-methyl/N-ethyl adjacent to an activating group) is 1. The first-order valence-electron chi connectivity index (χ1n) is 12.0. The van der Waals surface area contributed by atoms with E-state index in [-0.39, 0.29) is 11.4 Å². The minimum Gasteiger partial charge on any atom is -0.449 e. The standard InChI is InChI=1S/C28H25F3N4O2/c1-33-15-17-34(18-16-33)25-19-32-35(23-11-9-22(10-12-23)28(29,30)31)27(36)26(25)37-24-13-7-21(8-14-24)20-5-3-2-4-6-20/h2-14,19H,15-18H2,1H3/p+1. The van der Waals surface area contributed by atoms with Crippen molar-refractivity contribution < 1.29 is 22.8 Å². The lowest BCUT2D eigenvalue weighted by atomic mass is 10.1. The molecule has 6 nitrogen and oxygen atoms in total. The second-order valence-electron chi connectivity index (χ2n) is 9.06. The molecule has 0 saturated carbocycles. The molecule has 0 atom stereocenters. The first-order valence-corrected chi connectivity index (χ1v) is 12.0. The molecule has 37 heavy (non-hydrogen) atoms. The molecule has 0 aliphatic carbocycles. The Morgan fingerprint density at radius 2 is 1.49 bits per heavy atom. The largest absolute Gasteiger partial charge is 0.449 e. The number of ether oxygens (including phenoxy) is 1. The summed E-state index contributed by atoms with van der Waals surface area (Å²) in [5, 5.41) is 4.29. The molecule has 1 aliphatic rings. The van der Waals surface area contributed by atoms with Gasteiger partial charge in [-0.05, 0) is 47.5 Å². The van der Waals surface area contributed by atoms with Gasteiger partial charge in [0.05, 0.1) is 50.7 Å². The summed E-state index contributed by atoms with van der Waals surface area (Å²) in [5.41, 5.74) is 1.51. The minimum atomic E-state index is -4.47. The predicted molar refractivity (Wildman–Crippen MR) is 136 cm³/mol. The molecule has 0 unspecified atom stereocenters. The van der Waals surface area contributed by atoms with Gasteiger partial charge in [0, 0.05) is 0 Å². The van der Waals surface area contributed by atoms with E-state index in [1.807, 2.05) is 42.5 Å². The maximum absolute atomic E-state index is 13.6. The van der Waals surface area contributed by atoms with Crippen LogP contribution in [-0.2, 0) is 6.18 Å². The van der Waals surface area contributed by atoms with Crippen LogP contribution in [0.5, 0.6) is 11.5 Å². The Labute approximate surface area is 212 Å². The van der Waals surface area contributed by atoms with Gasteiger partial charge in [-0.1, -0.05) is 42.5 Å². The van der Waals surface area contributed by atoms with Crippen molar-refractivity contribution in [1.29, 1.82) is 0 Å². The van der Waals surface area contributed by atoms with Crippen molar-refractivity contribution in [2.24, 2.45) is 0 Å². The summed E-state index contributed by atoms with van der Waals surface area (Å²) in [6.45, 7) is 3.24. The average Bonchev–Trinajstić information content (AvgIpc) is 2.91. The summed E-state index contributed by atoms with van der Waals surface area (Å²) in [5.74, 6) is 0.560. The van der Waals surface area contributed by atoms with Crippen LogP contribution in [0.25, 0.3) is 16.8 Å². The molecule has 2 heterocycles. The number of nitrogens with zero attached hydrogens (tertiary/aromatic N) is 3. The van der Waals surface area contributed by atoms with Gasteiger partial charge in [0.15, 0.2) is 0 Å². The average molecular weight is 508 g/mol. The van der Waals surface area contributed by atoms with Gasteiger partial charge in [-0.25, -0.2) is 0 Å². The van der Waals surface area contributed by atoms with Gasteiger partial charge in [0.1, 0.15) is 11.4 Å². The van der Waals surface area contributed by atoms with E-state index in [2.05, 4.69) is 17.0 Å². The summed E-state index contributed by atoms with van der Waals surface area (Å²) in [6.07, 6.45) is -2.92. The fourth-order valence-electron chi connectivity index (χ4n) is 4.32. The third-order valence-electron chi connectivity index (χ3n) is 6.49. The van der Waals surface area contributed by atoms with Gasteiger partial charge in [0.2, 0.25) is 5.75 Å². The van der Waals surface area contributed by atoms with Crippen molar-refractivity contribution in [3.8, 4) is 28.3 Å². The molecule has 1 N–H and O–H groups in total. The molecule has 0 bridgehead atoms. The number of alkyl halides is 3. The number of hydrogen-bond acceptors (Lipinski definition) is 4. The van der Waals surface area contributed by atoms with Gasteiger partial charge in [-0.2, -0.15) is 23.0 Å². The zero-order valence-corrected chi connectivity index (χ0v) is 20.2. The lowest BCUT2D eigenvalue weighted by Crippen LogP contribution is -3.12. The number of piperazine rings is 1. The molecular weight excluding hydrogens is 481 g/mol. The molecule has 0 amide bonds. The number of aromatic nitrogens is 2. The van der Waals surface area contributed by atoms with E-state index in [1.165, 1.54) is 17.0 Å². The van der Waals surface area contributed by atoms with Gasteiger partial charge >= 0.3 is 11.7 Å². The third kappa shape index (κ3) is 5.36. The van der Waals surface area contributed by atoms with Crippen molar-refractivity contribution in [1.82, 2.24) is 9.78 Å². The van der Waals surface area contributed by atoms with Crippen LogP contribution in [0.4, 0.5) is 18.9 Å². The molecule has 5 rings (SSSR count). The molecule has 1 aromatic heterocycles. The molecule has 3 aromatic carbocycles. The molecule has 4 aromatic rings. The number of benzene rings is 3. The summed E-state index contributed by atoms with van der Waals surface area (Å²) in [7, 11) is 2.11. The Kier molecular flexibility index (Phi) is 6.71. The fourth-order valence-corrected chi connectivity index (χ4v) is 4.32. The van der Waals surface area contributed by atoms with Crippen LogP contribution < -0.4 is 20.1 Å². The van der Waals surface area contributed by atoms with Crippen LogP contribution >= 0.6 is 0 Å². The topological polar surface area (TPSA) is 51.8 Å². The summed E-state index contributed by atoms with van der Waals surface area (Å²) >= 11 is 0. The smallest absolute Gasteiger partial charge is 0.416 e. The predicted octanol–water partition coefficient (Wildman–Crippen LogP) is 4.05. The molecular formula is C28H26F3N4O2+. The fraction of sp³-hybridized carbons (Fsp3) is 0.214. The van der Waals surface area contributed by atoms with Crippen LogP contribution in [0.15, 0.2) is 89.9 Å². The second kappa shape index (κ2) is 10.1. The Hall–Kier alpha value is -4.11. The second-order valence-corrected chi connectivity index (χ2v) is 9.06. The molecule has 0 radical (unpaired) electrons. The zero-order valence-electron chi connectivity index (χ0n) is 20.2. The lowest BCUT2D eigenvalue weighted by molar-refractivity contribution is -0.880. The van der Waals surface area contributed by atoms with E-state index in [0.29, 0.717) is 11.4 Å². The Bertz CT molecular complexity index is 1410. The van der Waals surface area contributed by atoms with Crippen molar-refractivity contribution in [3.63, 3.8) is 0 Å². The van der Waals surface area contributed by atoms with E-state index < -0.39 is 17.3 Å². The van der Waals surface area contributed by atoms with E-state index >= 15 is 0 Å². The molecule has 0 spiro atoms. The molecule has 1 aliphatic heterocycles. The summed E-state index contributed by atoms with van der Waals surface area (Å²) in [6, 6.07) is 21.6. The maximum Gasteiger partial charge on any atom is 0.416 e. The normalized spacial score (nSPS) is 14.5. The molecule has 190 valence electrons. The van der Waals surface area contributed by atoms with Crippen LogP contribution in [0.2, 0.25) is 0 Å². The SMILES string of the molecule is C[NH+]1CCN(c2cnn(-c3ccc(C(F)(F)F)cc3)c(=O)c2Oc2ccc(-c3ccccc3)cc2)CC1. The third-order valence-corrected chi connectivity index (χ3v) is 6.49. The highest BCUT2D eigenvalue weighted by Crippen LogP contribution is 2.32. The van der Waals surface area contributed by atoms with Crippen molar-refractivity contribution in [2.75, 3.05) is 38.1 Å². The first kappa shape index (κ1) is 24.6. The maximum atomic E-state index is 13.6. The van der Waals surface area contributed by atoms with Gasteiger partial charge in [0.25, 0.3) is 0 Å². The number of nitrogens with one attached hydrogen (secondary N) is 1. The van der Waals surface area contributed by atoms with Gasteiger partial charge in [-0.15, -0.1) is 0 Å². The number of rotatable bonds is 5. The van der Waals surface area contributed by atoms with Crippen LogP contribution in [0.3, 0.4) is 0 Å². The first-order chi connectivity index (χ1) is 17.8. The number of anilines is 1. The highest BCUT2D eigenvalue weighted by atomic mass is 19.4. The zero-order chi connectivity index (χ0) is 26.0. The van der Waals surface area contributed by atoms with E-state index in [1.54, 1.807) is 18.3 Å². The number of hydrogen-bond donors (Lipinski definition) is 1. The monoisotopic (exact) mass is 507 g/mol. The highest BCUT2D eigenvalue weighted by Gasteiger charge is 2.30. The lowest BCUT2D eigenvalue weighted by Gasteiger charge is -2.32. The van der Waals surface area contributed by atoms with E-state index in [4.69, 9.17) is 4.74 Å². The Morgan fingerprint density at radius 1 is 0.865 bits per heavy atom. The molecule has 1 saturated heterocycles. The van der Waals surface area contributed by atoms with Crippen molar-refractivity contribution >= 4 is 5.69 Å². The summed E-state index contributed by atoms with van der Waals surface area (Å²) in [4.78, 5) is 17.0. The Balaban J connectivity index is 1.51. The van der Waals surface area contributed by atoms with E-state index in [0.717, 1.165) is 54.1 Å². The van der Waals surface area contributed by atoms with Crippen LogP contribution in [0, 0.1) is 0 Å². The number of quaternary nitrogens is 1. The quantitative estimate of drug-likeness (QED) is 0.443. The van der Waals surface area contributed by atoms with Crippen molar-refractivity contribution in [2.45, 2.75) is 6.18 Å². The molecule has 9 heteroatoms. The summed E-state index contributed by atoms with van der Waals surface area (Å²) < 4.78 is 46.3. The number of halogens is 3. The Morgan fingerprint density at radius 3 is 2.11 bits per heavy atom. The minimum absolute atomic E-state index is 0.0851. The molecule has 1 fully saturated rings. The highest BCUT2D eigenvalue weighted by molar-refractivity contribution is 5.64. The van der Waals surface area contributed by atoms with Crippen molar-refractivity contribution in [3.05, 3.63) is 101 Å². The van der Waals surface area contributed by atoms with Crippen LogP contribution in [-0.4, -0.2) is 43.0 Å².